The van der Waals surface area contributed by atoms with E-state index in [1.54, 1.807) is 0 Å². The number of likely N-dealkylation sites (tertiary alicyclic amines) is 2. The summed E-state index contributed by atoms with van der Waals surface area (Å²) in [5.41, 5.74) is 1.82. The maximum absolute atomic E-state index is 12.2. The second-order valence-corrected chi connectivity index (χ2v) is 11.7. The number of esters is 2. The average molecular weight is 545 g/mol. The molecule has 40 heavy (non-hydrogen) atoms. The molecule has 0 spiro atoms. The van der Waals surface area contributed by atoms with E-state index >= 15 is 0 Å². The van der Waals surface area contributed by atoms with Crippen LogP contribution in [0.4, 0.5) is 0 Å². The Kier molecular flexibility index (Phi) is 8.81. The molecule has 4 aliphatic rings. The van der Waals surface area contributed by atoms with Gasteiger partial charge >= 0.3 is 11.9 Å². The summed E-state index contributed by atoms with van der Waals surface area (Å²) in [6.45, 7) is 9.99. The van der Waals surface area contributed by atoms with Gasteiger partial charge in [0.05, 0.1) is 24.0 Å². The zero-order valence-electron chi connectivity index (χ0n) is 23.2. The molecule has 0 bridgehead atoms. The molecule has 0 aliphatic carbocycles. The molecule has 7 heteroatoms. The highest BCUT2D eigenvalue weighted by Gasteiger charge is 2.57. The van der Waals surface area contributed by atoms with Crippen LogP contribution in [0.3, 0.4) is 0 Å². The minimum absolute atomic E-state index is 0.0000818. The largest absolute Gasteiger partial charge is 0.465 e. The van der Waals surface area contributed by atoms with E-state index in [2.05, 4.69) is 52.8 Å². The molecule has 6 rings (SSSR count). The Morgan fingerprint density at radius 1 is 0.750 bits per heavy atom. The molecule has 2 aromatic rings. The lowest BCUT2D eigenvalue weighted by molar-refractivity contribution is -0.147. The first-order valence-corrected chi connectivity index (χ1v) is 14.4. The van der Waals surface area contributed by atoms with E-state index in [4.69, 9.17) is 9.47 Å². The van der Waals surface area contributed by atoms with Crippen molar-refractivity contribution in [1.29, 1.82) is 0 Å². The van der Waals surface area contributed by atoms with E-state index in [1.165, 1.54) is 11.1 Å². The van der Waals surface area contributed by atoms with Gasteiger partial charge in [-0.25, -0.2) is 0 Å². The van der Waals surface area contributed by atoms with Crippen LogP contribution in [0, 0.1) is 22.7 Å². The zero-order chi connectivity index (χ0) is 28.0. The van der Waals surface area contributed by atoms with Gasteiger partial charge in [-0.1, -0.05) is 66.7 Å². The highest BCUT2D eigenvalue weighted by atomic mass is 16.5. The number of hydrogen-bond acceptors (Lipinski definition) is 7. The molecule has 0 aromatic heterocycles. The molecule has 4 fully saturated rings. The van der Waals surface area contributed by atoms with Gasteiger partial charge in [-0.15, -0.1) is 6.58 Å². The van der Waals surface area contributed by atoms with Crippen LogP contribution < -0.4 is 0 Å². The number of fused-ring (bicyclic) bond motifs is 2. The van der Waals surface area contributed by atoms with Crippen LogP contribution in [0.1, 0.15) is 36.8 Å². The van der Waals surface area contributed by atoms with Gasteiger partial charge in [-0.3, -0.25) is 19.4 Å². The van der Waals surface area contributed by atoms with Gasteiger partial charge in [-0.2, -0.15) is 0 Å². The van der Waals surface area contributed by atoms with Gasteiger partial charge in [-0.05, 0) is 30.4 Å². The number of hydrogen-bond donors (Lipinski definition) is 0. The third-order valence-electron chi connectivity index (χ3n) is 9.18. The van der Waals surface area contributed by atoms with E-state index < -0.39 is 5.41 Å². The van der Waals surface area contributed by atoms with Crippen LogP contribution in [0.15, 0.2) is 73.3 Å². The van der Waals surface area contributed by atoms with Gasteiger partial charge in [0.25, 0.3) is 0 Å². The summed E-state index contributed by atoms with van der Waals surface area (Å²) in [5.74, 6) is 0.470. The molecule has 4 unspecified atom stereocenters. The summed E-state index contributed by atoms with van der Waals surface area (Å²) in [4.78, 5) is 39.7. The maximum Gasteiger partial charge on any atom is 0.313 e. The molecule has 0 amide bonds. The van der Waals surface area contributed by atoms with Crippen LogP contribution in [-0.2, 0) is 36.9 Å². The first-order chi connectivity index (χ1) is 19.5. The van der Waals surface area contributed by atoms with Gasteiger partial charge < -0.3 is 14.3 Å². The standard InChI is InChI=1S/C17H21NO2.C16H19NO3/c1-2-3-9-17-13-18(10-14-7-5-4-6-8-14)11-15(17)12-20-16(17)19;18-8-4-7-16-12-17(9-13-5-2-1-3-6-13)10-14(16)11-20-15(16)19/h2,4-8,15H,1,3,9-13H2;1-3,5-6,8,14H,4,7,9-12H2. The molecule has 4 aliphatic heterocycles. The molecule has 212 valence electrons. The predicted molar refractivity (Wildman–Crippen MR) is 152 cm³/mol. The summed E-state index contributed by atoms with van der Waals surface area (Å²) >= 11 is 0. The molecular formula is C33H40N2O5. The van der Waals surface area contributed by atoms with Crippen LogP contribution >= 0.6 is 0 Å². The topological polar surface area (TPSA) is 76.2 Å². The van der Waals surface area contributed by atoms with Crippen molar-refractivity contribution in [2.45, 2.75) is 38.8 Å². The van der Waals surface area contributed by atoms with Gasteiger partial charge in [0.15, 0.2) is 0 Å². The fourth-order valence-electron chi connectivity index (χ4n) is 7.06. The Morgan fingerprint density at radius 3 is 1.62 bits per heavy atom. The number of allylic oxidation sites excluding steroid dienone is 1. The van der Waals surface area contributed by atoms with Crippen LogP contribution in [0.2, 0.25) is 0 Å². The van der Waals surface area contributed by atoms with Gasteiger partial charge in [0.1, 0.15) is 6.29 Å². The summed E-state index contributed by atoms with van der Waals surface area (Å²) < 4.78 is 10.6. The maximum atomic E-state index is 12.2. The van der Waals surface area contributed by atoms with Crippen molar-refractivity contribution in [3.63, 3.8) is 0 Å². The molecule has 0 radical (unpaired) electrons. The Balaban J connectivity index is 0.000000161. The number of ether oxygens (including phenoxy) is 2. The minimum atomic E-state index is -0.449. The number of nitrogens with zero attached hydrogens (tertiary/aromatic N) is 2. The lowest BCUT2D eigenvalue weighted by Crippen LogP contribution is -2.34. The summed E-state index contributed by atoms with van der Waals surface area (Å²) in [6.07, 6.45) is 5.60. The Morgan fingerprint density at radius 2 is 1.20 bits per heavy atom. The van der Waals surface area contributed by atoms with Crippen molar-refractivity contribution in [2.75, 3.05) is 39.4 Å². The second-order valence-electron chi connectivity index (χ2n) is 11.7. The van der Waals surface area contributed by atoms with Crippen LogP contribution in [0.5, 0.6) is 0 Å². The zero-order valence-corrected chi connectivity index (χ0v) is 23.2. The van der Waals surface area contributed by atoms with Crippen molar-refractivity contribution in [3.05, 3.63) is 84.4 Å². The van der Waals surface area contributed by atoms with Crippen molar-refractivity contribution in [3.8, 4) is 0 Å². The molecule has 4 heterocycles. The number of carbonyl (C=O) groups is 3. The van der Waals surface area contributed by atoms with E-state index in [9.17, 15) is 14.4 Å². The number of benzene rings is 2. The molecule has 0 saturated carbocycles. The fraction of sp³-hybridized carbons (Fsp3) is 0.485. The third-order valence-corrected chi connectivity index (χ3v) is 9.18. The quantitative estimate of drug-likeness (QED) is 0.251. The van der Waals surface area contributed by atoms with Crippen LogP contribution in [0.25, 0.3) is 0 Å². The highest BCUT2D eigenvalue weighted by molar-refractivity contribution is 5.81. The van der Waals surface area contributed by atoms with E-state index in [0.717, 1.165) is 51.9 Å². The average Bonchev–Trinajstić information content (AvgIpc) is 3.68. The van der Waals surface area contributed by atoms with Crippen LogP contribution in [-0.4, -0.2) is 67.4 Å². The van der Waals surface area contributed by atoms with E-state index in [-0.39, 0.29) is 23.3 Å². The highest BCUT2D eigenvalue weighted by Crippen LogP contribution is 2.47. The number of cyclic esters (lactones) is 2. The molecule has 2 aromatic carbocycles. The molecular weight excluding hydrogens is 504 g/mol. The minimum Gasteiger partial charge on any atom is -0.465 e. The lowest BCUT2D eigenvalue weighted by Gasteiger charge is -2.24. The lowest BCUT2D eigenvalue weighted by atomic mass is 9.76. The molecule has 7 nitrogen and oxygen atoms in total. The number of carbonyl (C=O) groups excluding carboxylic acids is 3. The predicted octanol–water partition coefficient (Wildman–Crippen LogP) is 4.27. The summed E-state index contributed by atoms with van der Waals surface area (Å²) in [7, 11) is 0. The van der Waals surface area contributed by atoms with Gasteiger partial charge in [0, 0.05) is 57.5 Å². The number of rotatable bonds is 10. The molecule has 4 saturated heterocycles. The smallest absolute Gasteiger partial charge is 0.313 e. The molecule has 4 atom stereocenters. The van der Waals surface area contributed by atoms with Crippen molar-refractivity contribution in [1.82, 2.24) is 9.80 Å². The van der Waals surface area contributed by atoms with Crippen molar-refractivity contribution < 1.29 is 23.9 Å². The Labute approximate surface area is 237 Å². The fourth-order valence-corrected chi connectivity index (χ4v) is 7.06. The second kappa shape index (κ2) is 12.5. The Hall–Kier alpha value is -3.29. The number of aldehydes is 1. The monoisotopic (exact) mass is 544 g/mol. The molecule has 0 N–H and O–H groups in total. The first kappa shape index (κ1) is 28.2. The third kappa shape index (κ3) is 5.77. The normalized spacial score (nSPS) is 29.2. The Bertz CT molecular complexity index is 1090. The van der Waals surface area contributed by atoms with Crippen molar-refractivity contribution >= 4 is 18.2 Å². The first-order valence-electron chi connectivity index (χ1n) is 14.4. The van der Waals surface area contributed by atoms with E-state index in [1.807, 2.05) is 30.3 Å². The SMILES string of the molecule is C=CCCC12CN(Cc3ccccc3)CC1COC2=O.O=CCCC12CN(Cc3ccccc3)CC1COC2=O. The van der Waals surface area contributed by atoms with E-state index in [0.29, 0.717) is 38.5 Å². The summed E-state index contributed by atoms with van der Waals surface area (Å²) in [6, 6.07) is 20.7. The summed E-state index contributed by atoms with van der Waals surface area (Å²) in [5, 5.41) is 0. The van der Waals surface area contributed by atoms with Crippen molar-refractivity contribution in [2.24, 2.45) is 22.7 Å². The van der Waals surface area contributed by atoms with Gasteiger partial charge in [0.2, 0.25) is 0 Å².